The zero-order valence-corrected chi connectivity index (χ0v) is 11.6. The van der Waals surface area contributed by atoms with E-state index in [9.17, 15) is 9.59 Å². The van der Waals surface area contributed by atoms with Gasteiger partial charge >= 0.3 is 0 Å². The molecule has 0 aliphatic carbocycles. The Hall–Kier alpha value is -1.94. The van der Waals surface area contributed by atoms with Crippen molar-refractivity contribution in [1.82, 2.24) is 0 Å². The molecule has 0 radical (unpaired) electrons. The van der Waals surface area contributed by atoms with Gasteiger partial charge in [0.25, 0.3) is 0 Å². The predicted molar refractivity (Wildman–Crippen MR) is 76.0 cm³/mol. The van der Waals surface area contributed by atoms with Crippen molar-refractivity contribution < 1.29 is 9.59 Å². The standard InChI is InChI=1S/C15H13NO2S/c1-9-5-6-19-15(9)14(18)10-3-4-12-11(7-10)8-13(17)16(12)2/h3-7H,8H2,1-2H3. The van der Waals surface area contributed by atoms with Crippen molar-refractivity contribution in [3.05, 3.63) is 51.2 Å². The number of amides is 1. The molecule has 0 fully saturated rings. The number of fused-ring (bicyclic) bond motifs is 1. The number of hydrogen-bond acceptors (Lipinski definition) is 3. The molecule has 2 heterocycles. The minimum Gasteiger partial charge on any atom is -0.315 e. The van der Waals surface area contributed by atoms with E-state index in [-0.39, 0.29) is 11.7 Å². The highest BCUT2D eigenvalue weighted by Gasteiger charge is 2.25. The number of thiophene rings is 1. The van der Waals surface area contributed by atoms with Crippen LogP contribution in [-0.2, 0) is 11.2 Å². The summed E-state index contributed by atoms with van der Waals surface area (Å²) in [5.41, 5.74) is 3.51. The Morgan fingerprint density at radius 2 is 2.11 bits per heavy atom. The van der Waals surface area contributed by atoms with Gasteiger partial charge in [-0.15, -0.1) is 11.3 Å². The van der Waals surface area contributed by atoms with Gasteiger partial charge in [-0.05, 0) is 47.7 Å². The maximum absolute atomic E-state index is 12.4. The average Bonchev–Trinajstić information content (AvgIpc) is 2.93. The largest absolute Gasteiger partial charge is 0.315 e. The molecule has 19 heavy (non-hydrogen) atoms. The Labute approximate surface area is 115 Å². The topological polar surface area (TPSA) is 37.4 Å². The molecule has 3 rings (SSSR count). The molecular weight excluding hydrogens is 258 g/mol. The van der Waals surface area contributed by atoms with Crippen molar-refractivity contribution in [1.29, 1.82) is 0 Å². The number of likely N-dealkylation sites (N-methyl/N-ethyl adjacent to an activating group) is 1. The summed E-state index contributed by atoms with van der Waals surface area (Å²) in [5, 5.41) is 1.92. The van der Waals surface area contributed by atoms with Gasteiger partial charge in [-0.2, -0.15) is 0 Å². The summed E-state index contributed by atoms with van der Waals surface area (Å²) >= 11 is 1.46. The maximum atomic E-state index is 12.4. The molecule has 0 unspecified atom stereocenters. The van der Waals surface area contributed by atoms with Gasteiger partial charge in [-0.25, -0.2) is 0 Å². The monoisotopic (exact) mass is 271 g/mol. The first-order valence-corrected chi connectivity index (χ1v) is 6.94. The van der Waals surface area contributed by atoms with Crippen LogP contribution in [-0.4, -0.2) is 18.7 Å². The lowest BCUT2D eigenvalue weighted by atomic mass is 10.0. The highest BCUT2D eigenvalue weighted by Crippen LogP contribution is 2.30. The van der Waals surface area contributed by atoms with E-state index in [4.69, 9.17) is 0 Å². The van der Waals surface area contributed by atoms with Crippen molar-refractivity contribution in [2.45, 2.75) is 13.3 Å². The lowest BCUT2D eigenvalue weighted by Crippen LogP contribution is -2.20. The molecule has 3 nitrogen and oxygen atoms in total. The predicted octanol–water partition coefficient (Wildman–Crippen LogP) is 2.81. The van der Waals surface area contributed by atoms with Crippen LogP contribution < -0.4 is 4.90 Å². The fourth-order valence-corrected chi connectivity index (χ4v) is 3.23. The van der Waals surface area contributed by atoms with E-state index in [1.54, 1.807) is 18.0 Å². The molecule has 0 atom stereocenters. The lowest BCUT2D eigenvalue weighted by molar-refractivity contribution is -0.117. The van der Waals surface area contributed by atoms with Crippen LogP contribution in [0.5, 0.6) is 0 Å². The van der Waals surface area contributed by atoms with Crippen LogP contribution in [0.25, 0.3) is 0 Å². The van der Waals surface area contributed by atoms with Crippen molar-refractivity contribution in [2.24, 2.45) is 0 Å². The Kier molecular flexibility index (Phi) is 2.75. The second kappa shape index (κ2) is 4.31. The summed E-state index contributed by atoms with van der Waals surface area (Å²) in [6.07, 6.45) is 0.385. The van der Waals surface area contributed by atoms with E-state index >= 15 is 0 Å². The number of aryl methyl sites for hydroxylation is 1. The van der Waals surface area contributed by atoms with Crippen LogP contribution in [0, 0.1) is 6.92 Å². The number of nitrogens with zero attached hydrogens (tertiary/aromatic N) is 1. The fourth-order valence-electron chi connectivity index (χ4n) is 2.35. The van der Waals surface area contributed by atoms with E-state index in [1.807, 2.05) is 30.5 Å². The van der Waals surface area contributed by atoms with E-state index in [0.29, 0.717) is 12.0 Å². The second-order valence-electron chi connectivity index (χ2n) is 4.73. The van der Waals surface area contributed by atoms with Gasteiger partial charge in [0.05, 0.1) is 11.3 Å². The normalized spacial score (nSPS) is 13.8. The molecule has 1 aliphatic rings. The van der Waals surface area contributed by atoms with Crippen molar-refractivity contribution >= 4 is 28.7 Å². The number of rotatable bonds is 2. The highest BCUT2D eigenvalue weighted by molar-refractivity contribution is 7.12. The number of hydrogen-bond donors (Lipinski definition) is 0. The molecule has 0 N–H and O–H groups in total. The Balaban J connectivity index is 2.01. The average molecular weight is 271 g/mol. The van der Waals surface area contributed by atoms with Gasteiger partial charge in [0.15, 0.2) is 0 Å². The van der Waals surface area contributed by atoms with Gasteiger partial charge in [0.1, 0.15) is 0 Å². The Morgan fingerprint density at radius 3 is 2.79 bits per heavy atom. The first-order valence-electron chi connectivity index (χ1n) is 6.06. The molecule has 1 aromatic carbocycles. The van der Waals surface area contributed by atoms with Crippen LogP contribution in [0.2, 0.25) is 0 Å². The molecule has 0 bridgehead atoms. The smallest absolute Gasteiger partial charge is 0.231 e. The summed E-state index contributed by atoms with van der Waals surface area (Å²) in [7, 11) is 1.76. The molecule has 96 valence electrons. The summed E-state index contributed by atoms with van der Waals surface area (Å²) in [6.45, 7) is 1.94. The molecule has 0 saturated heterocycles. The van der Waals surface area contributed by atoms with Crippen molar-refractivity contribution in [3.63, 3.8) is 0 Å². The van der Waals surface area contributed by atoms with Crippen LogP contribution >= 0.6 is 11.3 Å². The van der Waals surface area contributed by atoms with Crippen molar-refractivity contribution in [2.75, 3.05) is 11.9 Å². The summed E-state index contributed by atoms with van der Waals surface area (Å²) < 4.78 is 0. The molecular formula is C15H13NO2S. The SMILES string of the molecule is Cc1ccsc1C(=O)c1ccc2c(c1)CC(=O)N2C. The fraction of sp³-hybridized carbons (Fsp3) is 0.200. The summed E-state index contributed by atoms with van der Waals surface area (Å²) in [6, 6.07) is 7.45. The second-order valence-corrected chi connectivity index (χ2v) is 5.65. The van der Waals surface area contributed by atoms with Gasteiger partial charge in [0, 0.05) is 18.3 Å². The van der Waals surface area contributed by atoms with Gasteiger partial charge in [-0.3, -0.25) is 9.59 Å². The number of ketones is 1. The van der Waals surface area contributed by atoms with Gasteiger partial charge in [0.2, 0.25) is 11.7 Å². The van der Waals surface area contributed by atoms with Crippen LogP contribution in [0.15, 0.2) is 29.6 Å². The Morgan fingerprint density at radius 1 is 1.32 bits per heavy atom. The van der Waals surface area contributed by atoms with Crippen LogP contribution in [0.4, 0.5) is 5.69 Å². The number of carbonyl (C=O) groups excluding carboxylic acids is 2. The van der Waals surface area contributed by atoms with E-state index < -0.39 is 0 Å². The molecule has 2 aromatic rings. The van der Waals surface area contributed by atoms with E-state index in [0.717, 1.165) is 21.7 Å². The van der Waals surface area contributed by atoms with Gasteiger partial charge in [-0.1, -0.05) is 0 Å². The Bertz CT molecular complexity index is 687. The molecule has 4 heteroatoms. The van der Waals surface area contributed by atoms with E-state index in [1.165, 1.54) is 11.3 Å². The third-order valence-corrected chi connectivity index (χ3v) is 4.50. The molecule has 1 amide bonds. The molecule has 0 saturated carbocycles. The third kappa shape index (κ3) is 1.88. The first-order chi connectivity index (χ1) is 9.08. The van der Waals surface area contributed by atoms with Crippen molar-refractivity contribution in [3.8, 4) is 0 Å². The minimum absolute atomic E-state index is 0.0392. The van der Waals surface area contributed by atoms with Crippen LogP contribution in [0.1, 0.15) is 26.4 Å². The first kappa shape index (κ1) is 12.1. The summed E-state index contributed by atoms with van der Waals surface area (Å²) in [4.78, 5) is 26.5. The minimum atomic E-state index is 0.0392. The van der Waals surface area contributed by atoms with E-state index in [2.05, 4.69) is 0 Å². The molecule has 1 aromatic heterocycles. The number of anilines is 1. The van der Waals surface area contributed by atoms with Gasteiger partial charge < -0.3 is 4.90 Å². The number of carbonyl (C=O) groups is 2. The van der Waals surface area contributed by atoms with Crippen LogP contribution in [0.3, 0.4) is 0 Å². The molecule has 1 aliphatic heterocycles. The lowest BCUT2D eigenvalue weighted by Gasteiger charge is -2.10. The zero-order valence-electron chi connectivity index (χ0n) is 10.8. The quantitative estimate of drug-likeness (QED) is 0.788. The maximum Gasteiger partial charge on any atom is 0.231 e. The summed E-state index contributed by atoms with van der Waals surface area (Å²) in [5.74, 6) is 0.115. The zero-order chi connectivity index (χ0) is 13.6. The number of benzene rings is 1. The molecule has 0 spiro atoms. The third-order valence-electron chi connectivity index (χ3n) is 3.49. The highest BCUT2D eigenvalue weighted by atomic mass is 32.1.